The highest BCUT2D eigenvalue weighted by Gasteiger charge is 2.24. The maximum atomic E-state index is 13.6. The predicted molar refractivity (Wildman–Crippen MR) is 69.3 cm³/mol. The highest BCUT2D eigenvalue weighted by atomic mass is 35.5. The van der Waals surface area contributed by atoms with Crippen molar-refractivity contribution >= 4 is 17.5 Å². The number of piperidine rings is 1. The van der Waals surface area contributed by atoms with Crippen LogP contribution in [0.15, 0.2) is 12.1 Å². The fourth-order valence-corrected chi connectivity index (χ4v) is 2.33. The van der Waals surface area contributed by atoms with Crippen molar-refractivity contribution < 1.29 is 13.6 Å². The van der Waals surface area contributed by atoms with Gasteiger partial charge in [-0.3, -0.25) is 4.79 Å². The van der Waals surface area contributed by atoms with Crippen molar-refractivity contribution in [1.29, 1.82) is 0 Å². The number of carbonyl (C=O) groups excluding carboxylic acids is 1. The molecule has 1 aliphatic heterocycles. The van der Waals surface area contributed by atoms with E-state index in [0.717, 1.165) is 31.5 Å². The Hall–Kier alpha value is -1.20. The van der Waals surface area contributed by atoms with Gasteiger partial charge in [-0.2, -0.15) is 0 Å². The van der Waals surface area contributed by atoms with Gasteiger partial charge in [-0.25, -0.2) is 8.78 Å². The first-order valence-electron chi connectivity index (χ1n) is 6.18. The van der Waals surface area contributed by atoms with E-state index in [4.69, 9.17) is 11.6 Å². The minimum Gasteiger partial charge on any atom is -0.348 e. The minimum absolute atomic E-state index is 0.0839. The summed E-state index contributed by atoms with van der Waals surface area (Å²) in [7, 11) is 0. The highest BCUT2D eigenvalue weighted by Crippen LogP contribution is 2.20. The van der Waals surface area contributed by atoms with Crippen molar-refractivity contribution in [2.45, 2.75) is 31.8 Å². The smallest absolute Gasteiger partial charge is 0.254 e. The van der Waals surface area contributed by atoms with Crippen LogP contribution in [0.5, 0.6) is 0 Å². The number of benzene rings is 1. The van der Waals surface area contributed by atoms with Crippen molar-refractivity contribution in [2.24, 2.45) is 0 Å². The molecular weight excluding hydrogens is 274 g/mol. The fourth-order valence-electron chi connectivity index (χ4n) is 2.18. The maximum Gasteiger partial charge on any atom is 0.254 e. The van der Waals surface area contributed by atoms with Gasteiger partial charge >= 0.3 is 0 Å². The van der Waals surface area contributed by atoms with Gasteiger partial charge in [0.2, 0.25) is 0 Å². The summed E-state index contributed by atoms with van der Waals surface area (Å²) in [5.74, 6) is -2.24. The van der Waals surface area contributed by atoms with E-state index in [-0.39, 0.29) is 22.7 Å². The molecule has 1 saturated heterocycles. The molecular formula is C13H15ClF2N2O. The van der Waals surface area contributed by atoms with Crippen molar-refractivity contribution in [3.63, 3.8) is 0 Å². The van der Waals surface area contributed by atoms with E-state index in [0.29, 0.717) is 0 Å². The molecule has 0 bridgehead atoms. The van der Waals surface area contributed by atoms with Crippen molar-refractivity contribution in [2.75, 3.05) is 6.54 Å². The molecule has 2 atom stereocenters. The quantitative estimate of drug-likeness (QED) is 0.821. The SMILES string of the molecule is CC1NCCCC1NC(=O)c1cc(F)c(Cl)cc1F. The zero-order chi connectivity index (χ0) is 14.0. The fraction of sp³-hybridized carbons (Fsp3) is 0.462. The van der Waals surface area contributed by atoms with Crippen LogP contribution in [0, 0.1) is 11.6 Å². The number of nitrogens with one attached hydrogen (secondary N) is 2. The zero-order valence-corrected chi connectivity index (χ0v) is 11.2. The van der Waals surface area contributed by atoms with Crippen molar-refractivity contribution in [3.8, 4) is 0 Å². The van der Waals surface area contributed by atoms with Gasteiger partial charge in [-0.05, 0) is 38.4 Å². The second-order valence-electron chi connectivity index (χ2n) is 4.71. The Labute approximate surface area is 115 Å². The van der Waals surface area contributed by atoms with E-state index < -0.39 is 17.5 Å². The van der Waals surface area contributed by atoms with Gasteiger partial charge in [-0.1, -0.05) is 11.6 Å². The van der Waals surface area contributed by atoms with E-state index in [1.54, 1.807) is 0 Å². The summed E-state index contributed by atoms with van der Waals surface area (Å²) in [6.07, 6.45) is 1.75. The third-order valence-corrected chi connectivity index (χ3v) is 3.62. The number of halogens is 3. The first-order chi connectivity index (χ1) is 8.99. The van der Waals surface area contributed by atoms with E-state index in [2.05, 4.69) is 10.6 Å². The number of amides is 1. The summed E-state index contributed by atoms with van der Waals surface area (Å²) in [5.41, 5.74) is -0.320. The first-order valence-corrected chi connectivity index (χ1v) is 6.55. The number of hydrogen-bond acceptors (Lipinski definition) is 2. The Morgan fingerprint density at radius 2 is 2.16 bits per heavy atom. The van der Waals surface area contributed by atoms with E-state index in [1.165, 1.54) is 0 Å². The molecule has 1 heterocycles. The molecule has 0 radical (unpaired) electrons. The molecule has 0 aliphatic carbocycles. The van der Waals surface area contributed by atoms with Crippen LogP contribution < -0.4 is 10.6 Å². The third-order valence-electron chi connectivity index (χ3n) is 3.33. The molecule has 2 rings (SSSR count). The van der Waals surface area contributed by atoms with Gasteiger partial charge in [0.1, 0.15) is 11.6 Å². The molecule has 1 fully saturated rings. The summed E-state index contributed by atoms with van der Waals surface area (Å²) >= 11 is 5.45. The third kappa shape index (κ3) is 3.22. The Morgan fingerprint density at radius 1 is 1.42 bits per heavy atom. The molecule has 3 nitrogen and oxygen atoms in total. The van der Waals surface area contributed by atoms with Crippen LogP contribution in [0.1, 0.15) is 30.1 Å². The molecule has 6 heteroatoms. The van der Waals surface area contributed by atoms with E-state index in [1.807, 2.05) is 6.92 Å². The highest BCUT2D eigenvalue weighted by molar-refractivity contribution is 6.30. The summed E-state index contributed by atoms with van der Waals surface area (Å²) in [6, 6.07) is 1.67. The predicted octanol–water partition coefficient (Wildman–Crippen LogP) is 2.49. The largest absolute Gasteiger partial charge is 0.348 e. The average molecular weight is 289 g/mol. The van der Waals surface area contributed by atoms with Gasteiger partial charge in [0, 0.05) is 12.1 Å². The summed E-state index contributed by atoms with van der Waals surface area (Å²) in [6.45, 7) is 2.85. The Balaban J connectivity index is 2.13. The number of carbonyl (C=O) groups is 1. The summed E-state index contributed by atoms with van der Waals surface area (Å²) in [5, 5.41) is 5.61. The van der Waals surface area contributed by atoms with Gasteiger partial charge in [0.05, 0.1) is 10.6 Å². The van der Waals surface area contributed by atoms with Gasteiger partial charge in [0.25, 0.3) is 5.91 Å². The normalized spacial score (nSPS) is 23.2. The molecule has 1 aromatic rings. The Morgan fingerprint density at radius 3 is 2.84 bits per heavy atom. The molecule has 2 unspecified atom stereocenters. The molecule has 1 aromatic carbocycles. The number of rotatable bonds is 2. The second kappa shape index (κ2) is 5.84. The van der Waals surface area contributed by atoms with Crippen molar-refractivity contribution in [3.05, 3.63) is 34.4 Å². The Kier molecular flexibility index (Phi) is 4.37. The van der Waals surface area contributed by atoms with E-state index >= 15 is 0 Å². The van der Waals surface area contributed by atoms with Crippen LogP contribution in [0.25, 0.3) is 0 Å². The van der Waals surface area contributed by atoms with Crippen molar-refractivity contribution in [1.82, 2.24) is 10.6 Å². The molecule has 19 heavy (non-hydrogen) atoms. The van der Waals surface area contributed by atoms with Crippen LogP contribution in [-0.2, 0) is 0 Å². The molecule has 0 spiro atoms. The standard InChI is InChI=1S/C13H15ClF2N2O/c1-7-12(3-2-4-17-7)18-13(19)8-5-11(16)9(14)6-10(8)15/h5-7,12,17H,2-4H2,1H3,(H,18,19). The maximum absolute atomic E-state index is 13.6. The molecule has 1 aliphatic rings. The van der Waals surface area contributed by atoms with E-state index in [9.17, 15) is 13.6 Å². The lowest BCUT2D eigenvalue weighted by molar-refractivity contribution is 0.0915. The van der Waals surface area contributed by atoms with Gasteiger partial charge in [-0.15, -0.1) is 0 Å². The lowest BCUT2D eigenvalue weighted by Gasteiger charge is -2.30. The van der Waals surface area contributed by atoms with Crippen LogP contribution in [0.3, 0.4) is 0 Å². The average Bonchev–Trinajstić information content (AvgIpc) is 2.36. The monoisotopic (exact) mass is 288 g/mol. The molecule has 0 saturated carbocycles. The minimum atomic E-state index is -0.819. The van der Waals surface area contributed by atoms with Crippen LogP contribution in [0.4, 0.5) is 8.78 Å². The van der Waals surface area contributed by atoms with Crippen LogP contribution in [-0.4, -0.2) is 24.5 Å². The summed E-state index contributed by atoms with van der Waals surface area (Å²) in [4.78, 5) is 12.0. The molecule has 104 valence electrons. The second-order valence-corrected chi connectivity index (χ2v) is 5.12. The van der Waals surface area contributed by atoms with Gasteiger partial charge in [0.15, 0.2) is 0 Å². The first kappa shape index (κ1) is 14.2. The molecule has 2 N–H and O–H groups in total. The van der Waals surface area contributed by atoms with Crippen LogP contribution >= 0.6 is 11.6 Å². The topological polar surface area (TPSA) is 41.1 Å². The lowest BCUT2D eigenvalue weighted by atomic mass is 9.99. The Bertz CT molecular complexity index is 496. The number of hydrogen-bond donors (Lipinski definition) is 2. The summed E-state index contributed by atoms with van der Waals surface area (Å²) < 4.78 is 26.9. The molecule has 0 aromatic heterocycles. The van der Waals surface area contributed by atoms with Crippen LogP contribution in [0.2, 0.25) is 5.02 Å². The molecule has 1 amide bonds. The lowest BCUT2D eigenvalue weighted by Crippen LogP contribution is -2.52. The zero-order valence-electron chi connectivity index (χ0n) is 10.5. The van der Waals surface area contributed by atoms with Gasteiger partial charge < -0.3 is 10.6 Å².